The minimum Gasteiger partial charge on any atom is -0.493 e. The Morgan fingerprint density at radius 1 is 1.15 bits per heavy atom. The van der Waals surface area contributed by atoms with Gasteiger partial charge in [-0.3, -0.25) is 9.48 Å². The van der Waals surface area contributed by atoms with Gasteiger partial charge in [-0.25, -0.2) is 8.78 Å². The predicted molar refractivity (Wildman–Crippen MR) is 96.1 cm³/mol. The zero-order valence-electron chi connectivity index (χ0n) is 15.9. The molecule has 0 atom stereocenters. The largest absolute Gasteiger partial charge is 0.493 e. The van der Waals surface area contributed by atoms with E-state index in [0.717, 1.165) is 0 Å². The number of aromatic nitrogens is 2. The first kappa shape index (κ1) is 20.5. The Kier molecular flexibility index (Phi) is 6.59. The fraction of sp³-hybridized carbons (Fsp3) is 0.444. The molecule has 0 spiro atoms. The normalized spacial score (nSPS) is 11.0. The molecule has 0 bridgehead atoms. The fourth-order valence-corrected chi connectivity index (χ4v) is 2.58. The Bertz CT molecular complexity index is 781. The summed E-state index contributed by atoms with van der Waals surface area (Å²) in [6, 6.07) is 3.01. The smallest absolute Gasteiger partial charge is 0.276 e. The molecular formula is C18H23F2N3O4. The van der Waals surface area contributed by atoms with Crippen LogP contribution < -0.4 is 19.5 Å². The van der Waals surface area contributed by atoms with Gasteiger partial charge in [0.2, 0.25) is 5.75 Å². The molecule has 1 N–H and O–H groups in total. The van der Waals surface area contributed by atoms with Gasteiger partial charge in [0.05, 0.1) is 26.9 Å². The average molecular weight is 383 g/mol. The van der Waals surface area contributed by atoms with Gasteiger partial charge in [0, 0.05) is 30.6 Å². The molecule has 148 valence electrons. The topological polar surface area (TPSA) is 74.6 Å². The summed E-state index contributed by atoms with van der Waals surface area (Å²) in [6.07, 6.45) is -1.61. The molecule has 1 aromatic carbocycles. The van der Waals surface area contributed by atoms with Crippen molar-refractivity contribution in [2.45, 2.75) is 26.8 Å². The number of carbonyl (C=O) groups is 1. The van der Waals surface area contributed by atoms with E-state index in [1.54, 1.807) is 0 Å². The molecule has 0 saturated carbocycles. The Labute approximate surface area is 156 Å². The maximum Gasteiger partial charge on any atom is 0.276 e. The van der Waals surface area contributed by atoms with Crippen molar-refractivity contribution in [3.05, 3.63) is 29.6 Å². The highest BCUT2D eigenvalue weighted by molar-refractivity contribution is 6.04. The monoisotopic (exact) mass is 383 g/mol. The second-order valence-corrected chi connectivity index (χ2v) is 6.22. The number of nitrogens with one attached hydrogen (secondary N) is 1. The van der Waals surface area contributed by atoms with Crippen molar-refractivity contribution in [1.29, 1.82) is 0 Å². The first-order valence-electron chi connectivity index (χ1n) is 8.27. The van der Waals surface area contributed by atoms with E-state index >= 15 is 0 Å². The number of rotatable bonds is 8. The Morgan fingerprint density at radius 3 is 2.19 bits per heavy atom. The van der Waals surface area contributed by atoms with E-state index in [1.165, 1.54) is 44.3 Å². The number of nitrogens with zero attached hydrogens (tertiary/aromatic N) is 2. The Morgan fingerprint density at radius 2 is 1.74 bits per heavy atom. The molecule has 0 unspecified atom stereocenters. The van der Waals surface area contributed by atoms with Gasteiger partial charge < -0.3 is 19.5 Å². The molecule has 0 saturated heterocycles. The number of hydrogen-bond donors (Lipinski definition) is 1. The Hall–Kier alpha value is -2.84. The van der Waals surface area contributed by atoms with Crippen LogP contribution in [0.4, 0.5) is 14.5 Å². The van der Waals surface area contributed by atoms with Crippen LogP contribution in [0, 0.1) is 5.92 Å². The van der Waals surface area contributed by atoms with E-state index in [2.05, 4.69) is 10.4 Å². The minimum atomic E-state index is -2.81. The van der Waals surface area contributed by atoms with Crippen molar-refractivity contribution < 1.29 is 27.8 Å². The van der Waals surface area contributed by atoms with E-state index < -0.39 is 17.9 Å². The molecule has 1 amide bonds. The second-order valence-electron chi connectivity index (χ2n) is 6.22. The summed E-state index contributed by atoms with van der Waals surface area (Å²) in [5.41, 5.74) is -0.437. The van der Waals surface area contributed by atoms with Gasteiger partial charge in [-0.15, -0.1) is 0 Å². The number of ether oxygens (including phenoxy) is 3. The molecule has 2 aromatic rings. The van der Waals surface area contributed by atoms with Crippen LogP contribution in [0.2, 0.25) is 0 Å². The summed E-state index contributed by atoms with van der Waals surface area (Å²) in [7, 11) is 4.33. The number of amides is 1. The standard InChI is InChI=1S/C18H23F2N3O4/c1-10(2)8-23-9-12(17(19)20)15(22-23)18(24)21-11-6-13(25-3)16(27-5)14(7-11)26-4/h6-7,9-10,17H,8H2,1-5H3,(H,21,24). The maximum atomic E-state index is 13.3. The second kappa shape index (κ2) is 8.70. The van der Waals surface area contributed by atoms with Gasteiger partial charge in [-0.2, -0.15) is 5.10 Å². The van der Waals surface area contributed by atoms with Crippen molar-refractivity contribution in [3.63, 3.8) is 0 Å². The molecule has 9 heteroatoms. The van der Waals surface area contributed by atoms with Gasteiger partial charge in [0.1, 0.15) is 0 Å². The van der Waals surface area contributed by atoms with E-state index in [9.17, 15) is 13.6 Å². The molecule has 1 heterocycles. The van der Waals surface area contributed by atoms with E-state index in [4.69, 9.17) is 14.2 Å². The molecule has 0 aliphatic heterocycles. The van der Waals surface area contributed by atoms with Crippen LogP contribution in [-0.2, 0) is 6.54 Å². The molecule has 27 heavy (non-hydrogen) atoms. The molecule has 7 nitrogen and oxygen atoms in total. The third-order valence-electron chi connectivity index (χ3n) is 3.71. The zero-order chi connectivity index (χ0) is 20.1. The summed E-state index contributed by atoms with van der Waals surface area (Å²) >= 11 is 0. The number of carbonyl (C=O) groups excluding carboxylic acids is 1. The number of benzene rings is 1. The van der Waals surface area contributed by atoms with Crippen LogP contribution in [0.15, 0.2) is 18.3 Å². The molecular weight excluding hydrogens is 360 g/mol. The average Bonchev–Trinajstić information content (AvgIpc) is 3.04. The van der Waals surface area contributed by atoms with Crippen LogP contribution >= 0.6 is 0 Å². The summed E-state index contributed by atoms with van der Waals surface area (Å²) in [6.45, 7) is 4.29. The van der Waals surface area contributed by atoms with Gasteiger partial charge >= 0.3 is 0 Å². The lowest BCUT2D eigenvalue weighted by atomic mass is 10.2. The lowest BCUT2D eigenvalue weighted by Crippen LogP contribution is -2.16. The lowest BCUT2D eigenvalue weighted by molar-refractivity contribution is 0.100. The fourth-order valence-electron chi connectivity index (χ4n) is 2.58. The Balaban J connectivity index is 2.35. The van der Waals surface area contributed by atoms with Gasteiger partial charge in [0.15, 0.2) is 17.2 Å². The molecule has 0 aliphatic rings. The molecule has 0 fully saturated rings. The summed E-state index contributed by atoms with van der Waals surface area (Å²) < 4.78 is 43.7. The van der Waals surface area contributed by atoms with Crippen LogP contribution in [0.25, 0.3) is 0 Å². The maximum absolute atomic E-state index is 13.3. The molecule has 1 aromatic heterocycles. The number of methoxy groups -OCH3 is 3. The van der Waals surface area contributed by atoms with Crippen LogP contribution in [0.5, 0.6) is 17.2 Å². The zero-order valence-corrected chi connectivity index (χ0v) is 15.9. The summed E-state index contributed by atoms with van der Waals surface area (Å²) in [5.74, 6) is 0.453. The van der Waals surface area contributed by atoms with Gasteiger partial charge in [-0.05, 0) is 5.92 Å². The number of alkyl halides is 2. The number of hydrogen-bond acceptors (Lipinski definition) is 5. The minimum absolute atomic E-state index is 0.196. The van der Waals surface area contributed by atoms with Crippen LogP contribution in [0.3, 0.4) is 0 Å². The van der Waals surface area contributed by atoms with Crippen molar-refractivity contribution in [3.8, 4) is 17.2 Å². The molecule has 2 rings (SSSR count). The van der Waals surface area contributed by atoms with Gasteiger partial charge in [-0.1, -0.05) is 13.8 Å². The van der Waals surface area contributed by atoms with Crippen molar-refractivity contribution >= 4 is 11.6 Å². The van der Waals surface area contributed by atoms with E-state index in [0.29, 0.717) is 29.5 Å². The van der Waals surface area contributed by atoms with Crippen LogP contribution in [0.1, 0.15) is 36.3 Å². The number of halogens is 2. The highest BCUT2D eigenvalue weighted by Crippen LogP contribution is 2.40. The van der Waals surface area contributed by atoms with Crippen LogP contribution in [-0.4, -0.2) is 37.0 Å². The lowest BCUT2D eigenvalue weighted by Gasteiger charge is -2.14. The quantitative estimate of drug-likeness (QED) is 0.751. The third-order valence-corrected chi connectivity index (χ3v) is 3.71. The predicted octanol–water partition coefficient (Wildman–Crippen LogP) is 3.75. The molecule has 0 aliphatic carbocycles. The third kappa shape index (κ3) is 4.66. The first-order chi connectivity index (χ1) is 12.8. The molecule has 0 radical (unpaired) electrons. The van der Waals surface area contributed by atoms with E-state index in [1.807, 2.05) is 13.8 Å². The van der Waals surface area contributed by atoms with Gasteiger partial charge in [0.25, 0.3) is 12.3 Å². The first-order valence-corrected chi connectivity index (χ1v) is 8.27. The van der Waals surface area contributed by atoms with Crippen molar-refractivity contribution in [1.82, 2.24) is 9.78 Å². The van der Waals surface area contributed by atoms with Crippen molar-refractivity contribution in [2.75, 3.05) is 26.6 Å². The summed E-state index contributed by atoms with van der Waals surface area (Å²) in [4.78, 5) is 12.6. The SMILES string of the molecule is COc1cc(NC(=O)c2nn(CC(C)C)cc2C(F)F)cc(OC)c1OC. The highest BCUT2D eigenvalue weighted by atomic mass is 19.3. The number of anilines is 1. The summed E-state index contributed by atoms with van der Waals surface area (Å²) in [5, 5.41) is 6.58. The van der Waals surface area contributed by atoms with E-state index in [-0.39, 0.29) is 11.6 Å². The van der Waals surface area contributed by atoms with Crippen molar-refractivity contribution in [2.24, 2.45) is 5.92 Å². The highest BCUT2D eigenvalue weighted by Gasteiger charge is 2.24.